The third kappa shape index (κ3) is 4.07. The minimum absolute atomic E-state index is 0.00640. The SMILES string of the molecule is COc1ccc(C(C)=NNc2c(Cl)c(Cl)nc(C(=O)O)c2Cl)c(O)c1. The number of carbonyl (C=O) groups is 1. The number of rotatable bonds is 5. The van der Waals surface area contributed by atoms with E-state index in [1.54, 1.807) is 19.1 Å². The van der Waals surface area contributed by atoms with Crippen LogP contribution in [0.5, 0.6) is 11.5 Å². The van der Waals surface area contributed by atoms with Crippen LogP contribution in [-0.2, 0) is 0 Å². The van der Waals surface area contributed by atoms with Gasteiger partial charge in [-0.25, -0.2) is 9.78 Å². The molecule has 10 heteroatoms. The Kier molecular flexibility index (Phi) is 5.94. The van der Waals surface area contributed by atoms with Crippen molar-refractivity contribution in [2.75, 3.05) is 12.5 Å². The molecule has 0 saturated heterocycles. The predicted molar refractivity (Wildman–Crippen MR) is 96.7 cm³/mol. The number of carboxylic acids is 1. The summed E-state index contributed by atoms with van der Waals surface area (Å²) in [5.41, 5.74) is 2.92. The van der Waals surface area contributed by atoms with Gasteiger partial charge in [-0.05, 0) is 19.1 Å². The average Bonchev–Trinajstić information content (AvgIpc) is 2.57. The second-order valence-corrected chi connectivity index (χ2v) is 5.87. The molecule has 0 atom stereocenters. The van der Waals surface area contributed by atoms with Gasteiger partial charge in [0.15, 0.2) is 10.8 Å². The molecule has 1 heterocycles. The van der Waals surface area contributed by atoms with E-state index in [0.717, 1.165) is 0 Å². The van der Waals surface area contributed by atoms with Crippen LogP contribution in [0.15, 0.2) is 23.3 Å². The van der Waals surface area contributed by atoms with Gasteiger partial charge in [-0.1, -0.05) is 34.8 Å². The number of benzene rings is 1. The van der Waals surface area contributed by atoms with E-state index < -0.39 is 11.7 Å². The Morgan fingerprint density at radius 1 is 1.28 bits per heavy atom. The number of aromatic carboxylic acids is 1. The molecular weight excluding hydrogens is 393 g/mol. The van der Waals surface area contributed by atoms with Crippen molar-refractivity contribution in [1.82, 2.24) is 4.98 Å². The summed E-state index contributed by atoms with van der Waals surface area (Å²) in [7, 11) is 1.48. The predicted octanol–water partition coefficient (Wildman–Crippen LogP) is 4.29. The minimum Gasteiger partial charge on any atom is -0.507 e. The highest BCUT2D eigenvalue weighted by Crippen LogP contribution is 2.37. The lowest BCUT2D eigenvalue weighted by atomic mass is 10.1. The van der Waals surface area contributed by atoms with Gasteiger partial charge in [-0.15, -0.1) is 0 Å². The van der Waals surface area contributed by atoms with Crippen molar-refractivity contribution in [2.24, 2.45) is 5.10 Å². The molecule has 0 bridgehead atoms. The quantitative estimate of drug-likeness (QED) is 0.390. The van der Waals surface area contributed by atoms with Crippen molar-refractivity contribution in [3.63, 3.8) is 0 Å². The molecule has 0 aliphatic rings. The number of carboxylic acid groups (broad SMARTS) is 1. The van der Waals surface area contributed by atoms with Crippen molar-refractivity contribution >= 4 is 52.2 Å². The highest BCUT2D eigenvalue weighted by molar-refractivity contribution is 6.46. The summed E-state index contributed by atoms with van der Waals surface area (Å²) in [5.74, 6) is -0.918. The van der Waals surface area contributed by atoms with Crippen LogP contribution in [-0.4, -0.2) is 34.0 Å². The van der Waals surface area contributed by atoms with Crippen LogP contribution in [0.4, 0.5) is 5.69 Å². The number of hydrogen-bond donors (Lipinski definition) is 3. The molecule has 25 heavy (non-hydrogen) atoms. The Bertz CT molecular complexity index is 872. The first kappa shape index (κ1) is 19.1. The highest BCUT2D eigenvalue weighted by atomic mass is 35.5. The molecule has 132 valence electrons. The number of nitrogens with one attached hydrogen (secondary N) is 1. The monoisotopic (exact) mass is 403 g/mol. The Morgan fingerprint density at radius 3 is 2.52 bits per heavy atom. The second-order valence-electron chi connectivity index (χ2n) is 4.75. The first-order chi connectivity index (χ1) is 11.8. The molecule has 1 aromatic carbocycles. The van der Waals surface area contributed by atoms with Gasteiger partial charge in [0.25, 0.3) is 0 Å². The summed E-state index contributed by atoms with van der Waals surface area (Å²) in [4.78, 5) is 14.8. The summed E-state index contributed by atoms with van der Waals surface area (Å²) in [6.45, 7) is 1.62. The van der Waals surface area contributed by atoms with Crippen molar-refractivity contribution < 1.29 is 19.7 Å². The Labute approximate surface area is 157 Å². The van der Waals surface area contributed by atoms with Gasteiger partial charge in [-0.3, -0.25) is 5.43 Å². The van der Waals surface area contributed by atoms with E-state index in [2.05, 4.69) is 15.5 Å². The number of aromatic hydroxyl groups is 1. The lowest BCUT2D eigenvalue weighted by Gasteiger charge is -2.11. The van der Waals surface area contributed by atoms with Gasteiger partial charge in [0.2, 0.25) is 0 Å². The first-order valence-corrected chi connectivity index (χ1v) is 7.85. The Balaban J connectivity index is 2.40. The molecule has 0 fully saturated rings. The molecule has 2 rings (SSSR count). The third-order valence-corrected chi connectivity index (χ3v) is 4.28. The van der Waals surface area contributed by atoms with Crippen molar-refractivity contribution in [2.45, 2.75) is 6.92 Å². The van der Waals surface area contributed by atoms with E-state index in [1.165, 1.54) is 13.2 Å². The van der Waals surface area contributed by atoms with Gasteiger partial charge in [0.05, 0.1) is 18.5 Å². The van der Waals surface area contributed by atoms with E-state index in [0.29, 0.717) is 17.0 Å². The smallest absolute Gasteiger partial charge is 0.356 e. The number of nitrogens with zero attached hydrogens (tertiary/aromatic N) is 2. The topological polar surface area (TPSA) is 104 Å². The van der Waals surface area contributed by atoms with E-state index >= 15 is 0 Å². The number of pyridine rings is 1. The van der Waals surface area contributed by atoms with Crippen molar-refractivity contribution in [3.8, 4) is 11.5 Å². The molecule has 0 unspecified atom stereocenters. The zero-order valence-corrected chi connectivity index (χ0v) is 15.2. The van der Waals surface area contributed by atoms with Crippen molar-refractivity contribution in [3.05, 3.63) is 44.7 Å². The fraction of sp³-hybridized carbons (Fsp3) is 0.133. The van der Waals surface area contributed by atoms with Gasteiger partial charge < -0.3 is 14.9 Å². The fourth-order valence-electron chi connectivity index (χ4n) is 1.90. The number of phenols is 1. The Hall–Kier alpha value is -2.22. The fourth-order valence-corrected chi connectivity index (χ4v) is 2.56. The molecular formula is C15H12Cl3N3O4. The molecule has 0 aliphatic heterocycles. The summed E-state index contributed by atoms with van der Waals surface area (Å²) in [5, 5.41) is 22.6. The number of aromatic nitrogens is 1. The van der Waals surface area contributed by atoms with E-state index in [4.69, 9.17) is 44.6 Å². The summed E-state index contributed by atoms with van der Waals surface area (Å²) in [6.07, 6.45) is 0. The molecule has 0 amide bonds. The van der Waals surface area contributed by atoms with Crippen molar-refractivity contribution in [1.29, 1.82) is 0 Å². The van der Waals surface area contributed by atoms with E-state index in [1.807, 2.05) is 0 Å². The maximum Gasteiger partial charge on any atom is 0.356 e. The lowest BCUT2D eigenvalue weighted by molar-refractivity contribution is 0.0691. The van der Waals surface area contributed by atoms with Crippen LogP contribution in [0.2, 0.25) is 15.2 Å². The van der Waals surface area contributed by atoms with Gasteiger partial charge >= 0.3 is 5.97 Å². The first-order valence-electron chi connectivity index (χ1n) is 6.71. The highest BCUT2D eigenvalue weighted by Gasteiger charge is 2.21. The van der Waals surface area contributed by atoms with Crippen LogP contribution in [0.1, 0.15) is 23.0 Å². The number of ether oxygens (including phenoxy) is 1. The normalized spacial score (nSPS) is 11.3. The number of hydrazone groups is 1. The lowest BCUT2D eigenvalue weighted by Crippen LogP contribution is -2.06. The van der Waals surface area contributed by atoms with Gasteiger partial charge in [0.1, 0.15) is 21.5 Å². The summed E-state index contributed by atoms with van der Waals surface area (Å²) >= 11 is 17.8. The minimum atomic E-state index is -1.36. The van der Waals surface area contributed by atoms with E-state index in [-0.39, 0.29) is 26.6 Å². The van der Waals surface area contributed by atoms with Gasteiger partial charge in [-0.2, -0.15) is 5.10 Å². The van der Waals surface area contributed by atoms with Crippen LogP contribution < -0.4 is 10.2 Å². The number of methoxy groups -OCH3 is 1. The molecule has 0 spiro atoms. The standard InChI is InChI=1S/C15H12Cl3N3O4/c1-6(8-4-3-7(25-2)5-9(8)22)20-21-12-10(16)13(15(23)24)19-14(18)11(12)17/h3-5,22H,1-2H3,(H,19,21)(H,23,24). The molecule has 0 saturated carbocycles. The summed E-state index contributed by atoms with van der Waals surface area (Å²) in [6, 6.07) is 4.69. The number of halogens is 3. The molecule has 2 aromatic rings. The molecule has 0 radical (unpaired) electrons. The largest absolute Gasteiger partial charge is 0.507 e. The number of anilines is 1. The summed E-state index contributed by atoms with van der Waals surface area (Å²) < 4.78 is 5.01. The number of hydrogen-bond acceptors (Lipinski definition) is 6. The van der Waals surface area contributed by atoms with Crippen LogP contribution in [0, 0.1) is 0 Å². The maximum absolute atomic E-state index is 11.1. The van der Waals surface area contributed by atoms with Crippen LogP contribution >= 0.6 is 34.8 Å². The van der Waals surface area contributed by atoms with Crippen LogP contribution in [0.25, 0.3) is 0 Å². The molecule has 7 nitrogen and oxygen atoms in total. The maximum atomic E-state index is 11.1. The van der Waals surface area contributed by atoms with E-state index in [9.17, 15) is 9.90 Å². The molecule has 1 aromatic heterocycles. The van der Waals surface area contributed by atoms with Crippen LogP contribution in [0.3, 0.4) is 0 Å². The third-order valence-electron chi connectivity index (χ3n) is 3.17. The zero-order chi connectivity index (χ0) is 18.7. The second kappa shape index (κ2) is 7.77. The zero-order valence-electron chi connectivity index (χ0n) is 13.0. The number of phenolic OH excluding ortho intramolecular Hbond substituents is 1. The molecule has 0 aliphatic carbocycles. The Morgan fingerprint density at radius 2 is 1.96 bits per heavy atom. The molecule has 3 N–H and O–H groups in total. The van der Waals surface area contributed by atoms with Gasteiger partial charge in [0, 0.05) is 11.6 Å². The average molecular weight is 405 g/mol.